The van der Waals surface area contributed by atoms with Crippen molar-refractivity contribution in [1.29, 1.82) is 0 Å². The largest absolute Gasteiger partial charge is 0.482 e. The first kappa shape index (κ1) is 27.7. The van der Waals surface area contributed by atoms with Gasteiger partial charge in [0, 0.05) is 37.3 Å². The monoisotopic (exact) mass is 546 g/mol. The summed E-state index contributed by atoms with van der Waals surface area (Å²) in [4.78, 5) is 17.5. The van der Waals surface area contributed by atoms with E-state index < -0.39 is 0 Å². The smallest absolute Gasteiger partial charge is 0.260 e. The number of nitrogens with zero attached hydrogens (tertiary/aromatic N) is 2. The summed E-state index contributed by atoms with van der Waals surface area (Å²) in [7, 11) is 0. The average Bonchev–Trinajstić information content (AvgIpc) is 2.74. The maximum atomic E-state index is 13.3. The van der Waals surface area contributed by atoms with Crippen LogP contribution in [0.1, 0.15) is 72.1 Å². The standard InChI is InChI=1S/C29H40BrFN2O2/c1-19-16-33(20(2)15-32(19)17-21-9-11-23(31)12-10-21)26(34)18-35-27-24(29(6,7)8)13-22(14-25(27)30)28(3,4)5/h9-14,19-20H,15-18H2,1-8H3. The van der Waals surface area contributed by atoms with E-state index in [1.807, 2.05) is 17.0 Å². The van der Waals surface area contributed by atoms with Crippen LogP contribution in [0.2, 0.25) is 0 Å². The SMILES string of the molecule is CC1CN(C(=O)COc2c(Br)cc(C(C)(C)C)cc2C(C)(C)C)C(C)CN1Cc1ccc(F)cc1. The zero-order chi connectivity index (χ0) is 26.1. The Balaban J connectivity index is 1.70. The Labute approximate surface area is 219 Å². The third kappa shape index (κ3) is 6.85. The van der Waals surface area contributed by atoms with Gasteiger partial charge in [-0.15, -0.1) is 0 Å². The molecule has 0 bridgehead atoms. The van der Waals surface area contributed by atoms with Gasteiger partial charge >= 0.3 is 0 Å². The summed E-state index contributed by atoms with van der Waals surface area (Å²) in [5.74, 6) is 0.520. The fraction of sp³-hybridized carbons (Fsp3) is 0.552. The van der Waals surface area contributed by atoms with Crippen molar-refractivity contribution in [3.8, 4) is 5.75 Å². The highest BCUT2D eigenvalue weighted by molar-refractivity contribution is 9.10. The molecule has 1 amide bonds. The molecule has 0 N–H and O–H groups in total. The molecular formula is C29H40BrFN2O2. The number of piperazine rings is 1. The molecule has 1 aliphatic heterocycles. The van der Waals surface area contributed by atoms with E-state index in [0.717, 1.165) is 34.4 Å². The van der Waals surface area contributed by atoms with Gasteiger partial charge in [-0.25, -0.2) is 4.39 Å². The van der Waals surface area contributed by atoms with E-state index in [0.29, 0.717) is 6.54 Å². The van der Waals surface area contributed by atoms with Crippen molar-refractivity contribution in [1.82, 2.24) is 9.80 Å². The van der Waals surface area contributed by atoms with Crippen LogP contribution in [0.3, 0.4) is 0 Å². The van der Waals surface area contributed by atoms with E-state index >= 15 is 0 Å². The lowest BCUT2D eigenvalue weighted by atomic mass is 9.80. The summed E-state index contributed by atoms with van der Waals surface area (Å²) in [6.07, 6.45) is 0. The molecule has 3 rings (SSSR count). The average molecular weight is 548 g/mol. The zero-order valence-electron chi connectivity index (χ0n) is 22.4. The normalized spacial score (nSPS) is 19.7. The van der Waals surface area contributed by atoms with Crippen molar-refractivity contribution in [3.05, 3.63) is 63.4 Å². The Morgan fingerprint density at radius 3 is 2.20 bits per heavy atom. The molecule has 0 saturated carbocycles. The lowest BCUT2D eigenvalue weighted by molar-refractivity contribution is -0.139. The molecule has 1 saturated heterocycles. The Morgan fingerprint density at radius 2 is 1.63 bits per heavy atom. The third-order valence-corrected chi connectivity index (χ3v) is 7.38. The van der Waals surface area contributed by atoms with E-state index in [9.17, 15) is 9.18 Å². The molecule has 0 aromatic heterocycles. The Kier molecular flexibility index (Phi) is 8.37. The van der Waals surface area contributed by atoms with Gasteiger partial charge in [0.15, 0.2) is 6.61 Å². The van der Waals surface area contributed by atoms with Crippen LogP contribution in [0.15, 0.2) is 40.9 Å². The van der Waals surface area contributed by atoms with Crippen molar-refractivity contribution in [2.45, 2.75) is 84.8 Å². The number of hydrogen-bond acceptors (Lipinski definition) is 3. The summed E-state index contributed by atoms with van der Waals surface area (Å²) >= 11 is 3.71. The van der Waals surface area contributed by atoms with Gasteiger partial charge in [-0.1, -0.05) is 59.7 Å². The Hall–Kier alpha value is -1.92. The van der Waals surface area contributed by atoms with Crippen LogP contribution in [0.25, 0.3) is 0 Å². The molecule has 2 unspecified atom stereocenters. The highest BCUT2D eigenvalue weighted by Gasteiger charge is 2.33. The van der Waals surface area contributed by atoms with Gasteiger partial charge in [-0.2, -0.15) is 0 Å². The molecular weight excluding hydrogens is 507 g/mol. The van der Waals surface area contributed by atoms with Gasteiger partial charge < -0.3 is 9.64 Å². The van der Waals surface area contributed by atoms with Crippen LogP contribution in [-0.2, 0) is 22.2 Å². The first-order valence-corrected chi connectivity index (χ1v) is 13.2. The maximum absolute atomic E-state index is 13.3. The van der Waals surface area contributed by atoms with Gasteiger partial charge in [0.1, 0.15) is 11.6 Å². The van der Waals surface area contributed by atoms with Crippen molar-refractivity contribution in [2.75, 3.05) is 19.7 Å². The van der Waals surface area contributed by atoms with Crippen molar-refractivity contribution in [2.24, 2.45) is 0 Å². The second-order valence-electron chi connectivity index (χ2n) is 11.9. The number of rotatable bonds is 5. The molecule has 1 fully saturated rings. The maximum Gasteiger partial charge on any atom is 0.260 e. The lowest BCUT2D eigenvalue weighted by Crippen LogP contribution is -2.58. The molecule has 2 atom stereocenters. The molecule has 1 aliphatic rings. The van der Waals surface area contributed by atoms with Crippen LogP contribution >= 0.6 is 15.9 Å². The lowest BCUT2D eigenvalue weighted by Gasteiger charge is -2.44. The van der Waals surface area contributed by atoms with Gasteiger partial charge in [-0.3, -0.25) is 9.69 Å². The van der Waals surface area contributed by atoms with Crippen LogP contribution in [0.4, 0.5) is 4.39 Å². The molecule has 35 heavy (non-hydrogen) atoms. The Bertz CT molecular complexity index is 1040. The van der Waals surface area contributed by atoms with Gasteiger partial charge in [0.25, 0.3) is 5.91 Å². The van der Waals surface area contributed by atoms with Gasteiger partial charge in [-0.05, 0) is 69.9 Å². The molecule has 0 aliphatic carbocycles. The van der Waals surface area contributed by atoms with E-state index in [-0.39, 0.29) is 41.2 Å². The molecule has 2 aromatic carbocycles. The van der Waals surface area contributed by atoms with Crippen LogP contribution in [0, 0.1) is 5.82 Å². The quantitative estimate of drug-likeness (QED) is 0.419. The summed E-state index contributed by atoms with van der Waals surface area (Å²) in [6.45, 7) is 19.5. The predicted molar refractivity (Wildman–Crippen MR) is 144 cm³/mol. The highest BCUT2D eigenvalue weighted by Crippen LogP contribution is 2.41. The molecule has 4 nitrogen and oxygen atoms in total. The van der Waals surface area contributed by atoms with Crippen LogP contribution in [0.5, 0.6) is 5.75 Å². The molecule has 192 valence electrons. The topological polar surface area (TPSA) is 32.8 Å². The second kappa shape index (κ2) is 10.6. The minimum atomic E-state index is -0.222. The summed E-state index contributed by atoms with van der Waals surface area (Å²) in [6, 6.07) is 11.2. The fourth-order valence-electron chi connectivity index (χ4n) is 4.54. The predicted octanol–water partition coefficient (Wildman–Crippen LogP) is 6.68. The molecule has 0 radical (unpaired) electrons. The van der Waals surface area contributed by atoms with E-state index in [4.69, 9.17) is 4.74 Å². The first-order valence-electron chi connectivity index (χ1n) is 12.4. The summed E-state index contributed by atoms with van der Waals surface area (Å²) in [5, 5.41) is 0. The third-order valence-electron chi connectivity index (χ3n) is 6.79. The van der Waals surface area contributed by atoms with Crippen LogP contribution in [-0.4, -0.2) is 47.5 Å². The highest BCUT2D eigenvalue weighted by atomic mass is 79.9. The van der Waals surface area contributed by atoms with Crippen molar-refractivity contribution in [3.63, 3.8) is 0 Å². The van der Waals surface area contributed by atoms with E-state index in [2.05, 4.69) is 88.4 Å². The van der Waals surface area contributed by atoms with Crippen molar-refractivity contribution < 1.29 is 13.9 Å². The fourth-order valence-corrected chi connectivity index (χ4v) is 5.11. The van der Waals surface area contributed by atoms with E-state index in [1.54, 1.807) is 0 Å². The zero-order valence-corrected chi connectivity index (χ0v) is 24.0. The molecule has 2 aromatic rings. The molecule has 0 spiro atoms. The second-order valence-corrected chi connectivity index (χ2v) is 12.8. The first-order chi connectivity index (χ1) is 16.2. The van der Waals surface area contributed by atoms with Gasteiger partial charge in [0.05, 0.1) is 4.47 Å². The van der Waals surface area contributed by atoms with E-state index in [1.165, 1.54) is 17.7 Å². The van der Waals surface area contributed by atoms with Crippen LogP contribution < -0.4 is 4.74 Å². The molecule has 1 heterocycles. The number of ether oxygens (including phenoxy) is 1. The summed E-state index contributed by atoms with van der Waals surface area (Å²) < 4.78 is 20.3. The number of hydrogen-bond donors (Lipinski definition) is 0. The minimum absolute atomic E-state index is 0.00237. The number of benzene rings is 2. The Morgan fingerprint density at radius 1 is 1.00 bits per heavy atom. The van der Waals surface area contributed by atoms with Gasteiger partial charge in [0.2, 0.25) is 0 Å². The van der Waals surface area contributed by atoms with Crippen molar-refractivity contribution >= 4 is 21.8 Å². The number of amides is 1. The summed E-state index contributed by atoms with van der Waals surface area (Å²) in [5.41, 5.74) is 3.28. The molecule has 6 heteroatoms. The number of halogens is 2. The minimum Gasteiger partial charge on any atom is -0.482 e. The number of carbonyl (C=O) groups is 1. The number of carbonyl (C=O) groups excluding carboxylic acids is 1.